The summed E-state index contributed by atoms with van der Waals surface area (Å²) in [5, 5.41) is 3.86. The van der Waals surface area contributed by atoms with Gasteiger partial charge < -0.3 is 24.8 Å². The summed E-state index contributed by atoms with van der Waals surface area (Å²) >= 11 is 0. The fourth-order valence-corrected chi connectivity index (χ4v) is 5.85. The van der Waals surface area contributed by atoms with Crippen LogP contribution in [0.3, 0.4) is 0 Å². The van der Waals surface area contributed by atoms with Crippen LogP contribution >= 0.6 is 0 Å². The van der Waals surface area contributed by atoms with Gasteiger partial charge in [-0.15, -0.1) is 0 Å². The van der Waals surface area contributed by atoms with Crippen LogP contribution in [0.1, 0.15) is 36.8 Å². The number of rotatable bonds is 8. The summed E-state index contributed by atoms with van der Waals surface area (Å²) in [6.07, 6.45) is 8.36. The molecule has 0 bridgehead atoms. The number of amides is 2. The average Bonchev–Trinajstić information content (AvgIpc) is 3.38. The van der Waals surface area contributed by atoms with E-state index in [4.69, 9.17) is 4.74 Å². The quantitative estimate of drug-likeness (QED) is 0.411. The van der Waals surface area contributed by atoms with E-state index in [-0.39, 0.29) is 23.4 Å². The molecule has 40 heavy (non-hydrogen) atoms. The summed E-state index contributed by atoms with van der Waals surface area (Å²) in [4.78, 5) is 34.3. The molecule has 0 unspecified atom stereocenters. The van der Waals surface area contributed by atoms with Crippen LogP contribution in [0.5, 0.6) is 0 Å². The molecule has 0 saturated carbocycles. The second-order valence-corrected chi connectivity index (χ2v) is 10.8. The Kier molecular flexibility index (Phi) is 8.61. The minimum Gasteiger partial charge on any atom is -0.381 e. The largest absolute Gasteiger partial charge is 0.381 e. The van der Waals surface area contributed by atoms with Crippen LogP contribution in [0, 0.1) is 11.6 Å². The van der Waals surface area contributed by atoms with Gasteiger partial charge in [-0.2, -0.15) is 0 Å². The van der Waals surface area contributed by atoms with Crippen molar-refractivity contribution in [3.05, 3.63) is 77.5 Å². The normalized spacial score (nSPS) is 18.3. The number of hydrogen-bond donors (Lipinski definition) is 2. The van der Waals surface area contributed by atoms with Gasteiger partial charge in [0.05, 0.1) is 0 Å². The Morgan fingerprint density at radius 2 is 1.80 bits per heavy atom. The van der Waals surface area contributed by atoms with E-state index in [0.717, 1.165) is 42.5 Å². The third-order valence-corrected chi connectivity index (χ3v) is 8.22. The molecule has 2 fully saturated rings. The van der Waals surface area contributed by atoms with Crippen molar-refractivity contribution in [2.24, 2.45) is 0 Å². The third-order valence-electron chi connectivity index (χ3n) is 8.22. The van der Waals surface area contributed by atoms with E-state index in [0.29, 0.717) is 50.5 Å². The van der Waals surface area contributed by atoms with Gasteiger partial charge in [0, 0.05) is 69.1 Å². The molecular formula is C31H36F2N4O3. The third kappa shape index (κ3) is 6.42. The number of fused-ring (bicyclic) bond motifs is 1. The molecule has 0 atom stereocenters. The Balaban J connectivity index is 1.29. The first-order chi connectivity index (χ1) is 19.3. The molecule has 3 aromatic rings. The molecule has 2 amide bonds. The SMILES string of the molecule is CN(CCc1c[nH]c2ccc(F)cc12)C(=O)C1(NC(=O)C=Cc2ccc(F)cc2)CCN(C2CCOCC2)CC1. The molecule has 212 valence electrons. The van der Waals surface area contributed by atoms with E-state index in [1.807, 2.05) is 6.20 Å². The van der Waals surface area contributed by atoms with Crippen molar-refractivity contribution in [3.8, 4) is 0 Å². The number of hydrogen-bond acceptors (Lipinski definition) is 4. The van der Waals surface area contributed by atoms with Gasteiger partial charge in [0.1, 0.15) is 17.2 Å². The zero-order valence-corrected chi connectivity index (χ0v) is 22.8. The molecule has 5 rings (SSSR count). The van der Waals surface area contributed by atoms with Crippen LogP contribution in [0.25, 0.3) is 17.0 Å². The molecule has 0 aliphatic carbocycles. The molecular weight excluding hydrogens is 514 g/mol. The molecule has 0 radical (unpaired) electrons. The van der Waals surface area contributed by atoms with Crippen molar-refractivity contribution >= 4 is 28.8 Å². The van der Waals surface area contributed by atoms with Gasteiger partial charge in [-0.3, -0.25) is 9.59 Å². The predicted molar refractivity (Wildman–Crippen MR) is 151 cm³/mol. The van der Waals surface area contributed by atoms with Gasteiger partial charge >= 0.3 is 0 Å². The summed E-state index contributed by atoms with van der Waals surface area (Å²) in [6, 6.07) is 10.9. The number of piperidine rings is 1. The summed E-state index contributed by atoms with van der Waals surface area (Å²) < 4.78 is 32.6. The molecule has 2 saturated heterocycles. The minimum absolute atomic E-state index is 0.131. The van der Waals surface area contributed by atoms with Gasteiger partial charge in [0.2, 0.25) is 11.8 Å². The maximum atomic E-state index is 14.0. The van der Waals surface area contributed by atoms with Crippen molar-refractivity contribution in [1.29, 1.82) is 0 Å². The number of H-pyrrole nitrogens is 1. The van der Waals surface area contributed by atoms with Gasteiger partial charge in [0.15, 0.2) is 0 Å². The first-order valence-corrected chi connectivity index (χ1v) is 13.9. The van der Waals surface area contributed by atoms with Crippen molar-refractivity contribution in [1.82, 2.24) is 20.1 Å². The maximum Gasteiger partial charge on any atom is 0.248 e. The van der Waals surface area contributed by atoms with Crippen molar-refractivity contribution < 1.29 is 23.1 Å². The lowest BCUT2D eigenvalue weighted by Crippen LogP contribution is -2.64. The highest BCUT2D eigenvalue weighted by Gasteiger charge is 2.45. The molecule has 3 heterocycles. The monoisotopic (exact) mass is 550 g/mol. The van der Waals surface area contributed by atoms with Crippen LogP contribution in [-0.2, 0) is 20.7 Å². The maximum absolute atomic E-state index is 14.0. The zero-order chi connectivity index (χ0) is 28.1. The molecule has 9 heteroatoms. The zero-order valence-electron chi connectivity index (χ0n) is 22.8. The highest BCUT2D eigenvalue weighted by Crippen LogP contribution is 2.29. The number of carbonyl (C=O) groups is 2. The van der Waals surface area contributed by atoms with Gasteiger partial charge in [0.25, 0.3) is 0 Å². The topological polar surface area (TPSA) is 77.7 Å². The number of ether oxygens (including phenoxy) is 1. The Morgan fingerprint density at radius 3 is 2.52 bits per heavy atom. The number of aromatic amines is 1. The lowest BCUT2D eigenvalue weighted by molar-refractivity contribution is -0.142. The van der Waals surface area contributed by atoms with E-state index in [1.165, 1.54) is 30.3 Å². The van der Waals surface area contributed by atoms with Gasteiger partial charge in [-0.25, -0.2) is 8.78 Å². The number of aromatic nitrogens is 1. The average molecular weight is 551 g/mol. The number of benzene rings is 2. The Labute approximate surface area is 233 Å². The second kappa shape index (κ2) is 12.3. The van der Waals surface area contributed by atoms with E-state index < -0.39 is 5.54 Å². The van der Waals surface area contributed by atoms with Gasteiger partial charge in [-0.05, 0) is 79.6 Å². The van der Waals surface area contributed by atoms with Crippen molar-refractivity contribution in [2.75, 3.05) is 39.9 Å². The highest BCUT2D eigenvalue weighted by atomic mass is 19.1. The van der Waals surface area contributed by atoms with E-state index in [2.05, 4.69) is 15.2 Å². The van der Waals surface area contributed by atoms with E-state index in [9.17, 15) is 18.4 Å². The van der Waals surface area contributed by atoms with Gasteiger partial charge in [-0.1, -0.05) is 12.1 Å². The summed E-state index contributed by atoms with van der Waals surface area (Å²) in [5.41, 5.74) is 1.44. The smallest absolute Gasteiger partial charge is 0.248 e. The summed E-state index contributed by atoms with van der Waals surface area (Å²) in [6.45, 7) is 3.32. The second-order valence-electron chi connectivity index (χ2n) is 10.8. The first-order valence-electron chi connectivity index (χ1n) is 13.9. The lowest BCUT2D eigenvalue weighted by atomic mass is 9.84. The van der Waals surface area contributed by atoms with E-state index in [1.54, 1.807) is 36.2 Å². The number of likely N-dealkylation sites (tertiary alicyclic amines) is 1. The van der Waals surface area contributed by atoms with Crippen LogP contribution in [-0.4, -0.2) is 78.1 Å². The van der Waals surface area contributed by atoms with Crippen molar-refractivity contribution in [3.63, 3.8) is 0 Å². The summed E-state index contributed by atoms with van der Waals surface area (Å²) in [5.74, 6) is -1.14. The fourth-order valence-electron chi connectivity index (χ4n) is 5.85. The Hall–Kier alpha value is -3.56. The molecule has 2 N–H and O–H groups in total. The number of nitrogens with zero attached hydrogens (tertiary/aromatic N) is 2. The Bertz CT molecular complexity index is 1360. The molecule has 2 aliphatic rings. The standard InChI is InChI=1S/C31H36F2N4O3/c1-36(15-10-23-21-34-28-8-7-25(33)20-27(23)28)30(39)31(13-16-37(17-14-31)26-11-18-40-19-12-26)35-29(38)9-4-22-2-5-24(32)6-3-22/h2-9,20-21,26,34H,10-19H2,1H3,(H,35,38). The Morgan fingerprint density at radius 1 is 1.10 bits per heavy atom. The van der Waals surface area contributed by atoms with Crippen LogP contribution < -0.4 is 5.32 Å². The van der Waals surface area contributed by atoms with Crippen molar-refractivity contribution in [2.45, 2.75) is 43.7 Å². The number of likely N-dealkylation sites (N-methyl/N-ethyl adjacent to an activating group) is 1. The number of carbonyl (C=O) groups excluding carboxylic acids is 2. The predicted octanol–water partition coefficient (Wildman–Crippen LogP) is 4.29. The number of halogens is 2. The fraction of sp³-hybridized carbons (Fsp3) is 0.419. The molecule has 0 spiro atoms. The van der Waals surface area contributed by atoms with Crippen LogP contribution in [0.15, 0.2) is 54.7 Å². The van der Waals surface area contributed by atoms with Crippen LogP contribution in [0.4, 0.5) is 8.78 Å². The molecule has 2 aromatic carbocycles. The number of nitrogens with one attached hydrogen (secondary N) is 2. The first kappa shape index (κ1) is 28.0. The lowest BCUT2D eigenvalue weighted by Gasteiger charge is -2.45. The highest BCUT2D eigenvalue weighted by molar-refractivity contribution is 5.97. The minimum atomic E-state index is -1.03. The van der Waals surface area contributed by atoms with Crippen LogP contribution in [0.2, 0.25) is 0 Å². The molecule has 7 nitrogen and oxygen atoms in total. The van der Waals surface area contributed by atoms with E-state index >= 15 is 0 Å². The molecule has 1 aromatic heterocycles. The summed E-state index contributed by atoms with van der Waals surface area (Å²) in [7, 11) is 1.75. The molecule has 2 aliphatic heterocycles.